The Bertz CT molecular complexity index is 1540. The van der Waals surface area contributed by atoms with Crippen LogP contribution in [0, 0.1) is 12.8 Å². The van der Waals surface area contributed by atoms with Gasteiger partial charge in [-0.25, -0.2) is 14.8 Å². The first-order valence-electron chi connectivity index (χ1n) is 10.9. The number of nitrogens with one attached hydrogen (secondary N) is 1. The summed E-state index contributed by atoms with van der Waals surface area (Å²) in [7, 11) is 3.37. The van der Waals surface area contributed by atoms with Gasteiger partial charge < -0.3 is 20.1 Å². The minimum atomic E-state index is -1.33. The van der Waals surface area contributed by atoms with Gasteiger partial charge in [0.1, 0.15) is 17.7 Å². The number of aryl methyl sites for hydroxylation is 2. The predicted molar refractivity (Wildman–Crippen MR) is 131 cm³/mol. The molecule has 0 aromatic carbocycles. The van der Waals surface area contributed by atoms with E-state index in [2.05, 4.69) is 24.8 Å². The molecule has 0 aliphatic carbocycles. The molecule has 0 unspecified atom stereocenters. The molecule has 4 aromatic rings. The summed E-state index contributed by atoms with van der Waals surface area (Å²) in [5.74, 6) is -0.714. The quantitative estimate of drug-likeness (QED) is 0.370. The highest BCUT2D eigenvalue weighted by Gasteiger charge is 2.34. The number of aromatic nitrogens is 6. The Labute approximate surface area is 208 Å². The number of carboxylic acid groups (broad SMARTS) is 1. The Morgan fingerprint density at radius 3 is 2.75 bits per heavy atom. The van der Waals surface area contributed by atoms with E-state index in [0.29, 0.717) is 42.0 Å². The number of carbonyl (C=O) groups is 2. The van der Waals surface area contributed by atoms with Gasteiger partial charge in [0.25, 0.3) is 0 Å². The maximum absolute atomic E-state index is 12.9. The first-order valence-corrected chi connectivity index (χ1v) is 11.7. The van der Waals surface area contributed by atoms with Crippen molar-refractivity contribution < 1.29 is 19.4 Å². The van der Waals surface area contributed by atoms with Gasteiger partial charge in [0.2, 0.25) is 16.5 Å². The Morgan fingerprint density at radius 1 is 1.31 bits per heavy atom. The molecule has 13 nitrogen and oxygen atoms in total. The molecular weight excluding hydrogens is 488 g/mol. The average molecular weight is 511 g/mol. The highest BCUT2D eigenvalue weighted by Crippen LogP contribution is 2.28. The molecule has 36 heavy (non-hydrogen) atoms. The second-order valence-electron chi connectivity index (χ2n) is 8.44. The molecule has 1 aliphatic rings. The number of aromatic carboxylic acids is 1. The molecule has 14 heteroatoms. The maximum atomic E-state index is 12.9. The zero-order valence-corrected chi connectivity index (χ0v) is 20.4. The molecule has 2 N–H and O–H groups in total. The van der Waals surface area contributed by atoms with Crippen LogP contribution < -0.4 is 15.6 Å². The number of pyridine rings is 2. The van der Waals surface area contributed by atoms with Crippen molar-refractivity contribution in [2.24, 2.45) is 13.0 Å². The highest BCUT2D eigenvalue weighted by molar-refractivity contribution is 7.08. The molecule has 1 saturated heterocycles. The smallest absolute Gasteiger partial charge is 0.341 e. The fourth-order valence-corrected chi connectivity index (χ4v) is 4.63. The summed E-state index contributed by atoms with van der Waals surface area (Å²) in [4.78, 5) is 48.1. The Hall–Kier alpha value is -4.17. The summed E-state index contributed by atoms with van der Waals surface area (Å²) in [6, 6.07) is 3.49. The van der Waals surface area contributed by atoms with Crippen LogP contribution in [0.2, 0.25) is 0 Å². The van der Waals surface area contributed by atoms with Crippen LogP contribution in [0.5, 0.6) is 0 Å². The van der Waals surface area contributed by atoms with Gasteiger partial charge >= 0.3 is 5.97 Å². The summed E-state index contributed by atoms with van der Waals surface area (Å²) in [5.41, 5.74) is 0.710. The van der Waals surface area contributed by atoms with Crippen LogP contribution in [-0.2, 0) is 23.2 Å². The molecule has 4 aromatic heterocycles. The Balaban J connectivity index is 1.41. The van der Waals surface area contributed by atoms with E-state index in [1.165, 1.54) is 17.1 Å². The highest BCUT2D eigenvalue weighted by atomic mass is 32.1. The monoisotopic (exact) mass is 510 g/mol. The fourth-order valence-electron chi connectivity index (χ4n) is 4.12. The van der Waals surface area contributed by atoms with E-state index in [4.69, 9.17) is 4.74 Å². The summed E-state index contributed by atoms with van der Waals surface area (Å²) >= 11 is 1.05. The molecule has 5 heterocycles. The third kappa shape index (κ3) is 4.09. The van der Waals surface area contributed by atoms with E-state index in [1.807, 2.05) is 4.90 Å². The normalized spacial score (nSPS) is 13.7. The van der Waals surface area contributed by atoms with E-state index in [9.17, 15) is 19.5 Å². The summed E-state index contributed by atoms with van der Waals surface area (Å²) in [6.45, 7) is 2.98. The lowest BCUT2D eigenvalue weighted by Crippen LogP contribution is -2.52. The van der Waals surface area contributed by atoms with Crippen LogP contribution in [0.1, 0.15) is 21.6 Å². The number of hydrogen-bond donors (Lipinski definition) is 2. The number of nitrogens with zero attached hydrogens (tertiary/aromatic N) is 7. The fraction of sp³-hybridized carbons (Fsp3) is 0.318. The third-order valence-corrected chi connectivity index (χ3v) is 6.69. The largest absolute Gasteiger partial charge is 0.477 e. The van der Waals surface area contributed by atoms with Gasteiger partial charge in [0.05, 0.1) is 23.6 Å². The van der Waals surface area contributed by atoms with Crippen molar-refractivity contribution in [1.29, 1.82) is 0 Å². The molecule has 0 saturated carbocycles. The standard InChI is InChI=1S/C22H22N8O5S/c1-11-4-16(29-6-12(7-29)20(32)25-15-5-13(9-35-3)28(2)27-15)26-19-17(11)18(31)14(21(33)34)8-30(19)22-23-10-24-36-22/h4-5,8,10,12H,6-7,9H2,1-3H3,(H,33,34)(H,25,27,32). The zero-order chi connectivity index (χ0) is 25.6. The van der Waals surface area contributed by atoms with Crippen LogP contribution in [0.15, 0.2) is 29.5 Å². The number of carbonyl (C=O) groups excluding carboxylic acids is 1. The van der Waals surface area contributed by atoms with Crippen molar-refractivity contribution >= 4 is 46.1 Å². The van der Waals surface area contributed by atoms with Crippen molar-refractivity contribution in [2.75, 3.05) is 30.4 Å². The number of fused-ring (bicyclic) bond motifs is 1. The van der Waals surface area contributed by atoms with Crippen molar-refractivity contribution in [3.05, 3.63) is 51.7 Å². The number of ether oxygens (including phenoxy) is 1. The van der Waals surface area contributed by atoms with Crippen LogP contribution in [0.25, 0.3) is 16.2 Å². The van der Waals surface area contributed by atoms with E-state index < -0.39 is 11.4 Å². The van der Waals surface area contributed by atoms with E-state index in [0.717, 1.165) is 17.2 Å². The average Bonchev–Trinajstić information content (AvgIpc) is 3.43. The van der Waals surface area contributed by atoms with Gasteiger partial charge in [-0.15, -0.1) is 0 Å². The van der Waals surface area contributed by atoms with Crippen molar-refractivity contribution in [1.82, 2.24) is 28.7 Å². The lowest BCUT2D eigenvalue weighted by Gasteiger charge is -2.39. The second kappa shape index (κ2) is 9.13. The first-order chi connectivity index (χ1) is 17.3. The first kappa shape index (κ1) is 23.6. The molecular formula is C22H22N8O5S. The van der Waals surface area contributed by atoms with E-state index in [1.54, 1.807) is 37.9 Å². The molecule has 1 amide bonds. The number of methoxy groups -OCH3 is 1. The molecule has 186 valence electrons. The third-order valence-electron chi connectivity index (χ3n) is 6.02. The minimum Gasteiger partial charge on any atom is -0.477 e. The van der Waals surface area contributed by atoms with Crippen LogP contribution in [0.3, 0.4) is 0 Å². The molecule has 1 aliphatic heterocycles. The Morgan fingerprint density at radius 2 is 2.08 bits per heavy atom. The molecule has 1 fully saturated rings. The summed E-state index contributed by atoms with van der Waals surface area (Å²) in [6.07, 6.45) is 2.57. The van der Waals surface area contributed by atoms with Gasteiger partial charge in [0, 0.05) is 51.0 Å². The van der Waals surface area contributed by atoms with E-state index >= 15 is 0 Å². The SMILES string of the molecule is COCc1cc(NC(=O)C2CN(c3cc(C)c4c(=O)c(C(=O)O)cn(-c5ncns5)c4n3)C2)nn1C. The van der Waals surface area contributed by atoms with Crippen molar-refractivity contribution in [2.45, 2.75) is 13.5 Å². The topological polar surface area (TPSA) is 157 Å². The molecule has 0 bridgehead atoms. The number of amides is 1. The molecule has 0 spiro atoms. The lowest BCUT2D eigenvalue weighted by molar-refractivity contribution is -0.120. The predicted octanol–water partition coefficient (Wildman–Crippen LogP) is 1.20. The lowest BCUT2D eigenvalue weighted by atomic mass is 9.98. The number of carboxylic acids is 1. The Kier molecular flexibility index (Phi) is 5.97. The van der Waals surface area contributed by atoms with Crippen molar-refractivity contribution in [3.63, 3.8) is 0 Å². The maximum Gasteiger partial charge on any atom is 0.341 e. The van der Waals surface area contributed by atoms with Crippen molar-refractivity contribution in [3.8, 4) is 5.13 Å². The summed E-state index contributed by atoms with van der Waals surface area (Å²) in [5, 5.41) is 17.2. The molecule has 0 radical (unpaired) electrons. The molecule has 5 rings (SSSR count). The van der Waals surface area contributed by atoms with Gasteiger partial charge in [-0.3, -0.25) is 18.8 Å². The van der Waals surface area contributed by atoms with Gasteiger partial charge in [0.15, 0.2) is 11.5 Å². The van der Waals surface area contributed by atoms with Gasteiger partial charge in [-0.05, 0) is 18.6 Å². The van der Waals surface area contributed by atoms with Gasteiger partial charge in [-0.2, -0.15) is 9.47 Å². The zero-order valence-electron chi connectivity index (χ0n) is 19.6. The number of anilines is 2. The second-order valence-corrected chi connectivity index (χ2v) is 9.19. The number of hydrogen-bond acceptors (Lipinski definition) is 10. The van der Waals surface area contributed by atoms with Crippen LogP contribution >= 0.6 is 11.5 Å². The van der Waals surface area contributed by atoms with Gasteiger partial charge in [-0.1, -0.05) is 0 Å². The minimum absolute atomic E-state index is 0.150. The van der Waals surface area contributed by atoms with E-state index in [-0.39, 0.29) is 28.4 Å². The van der Waals surface area contributed by atoms with Crippen LogP contribution in [0.4, 0.5) is 11.6 Å². The van der Waals surface area contributed by atoms with Crippen LogP contribution in [-0.4, -0.2) is 65.9 Å². The molecule has 0 atom stereocenters. The summed E-state index contributed by atoms with van der Waals surface area (Å²) < 4.78 is 12.2. The number of rotatable bonds is 7.